The topological polar surface area (TPSA) is 97.1 Å². The Balaban J connectivity index is 1.48. The molecule has 1 aromatic carbocycles. The fraction of sp³-hybridized carbons (Fsp3) is 0.542. The number of fused-ring (bicyclic) bond motifs is 1. The van der Waals surface area contributed by atoms with E-state index >= 15 is 0 Å². The number of anilines is 3. The summed E-state index contributed by atoms with van der Waals surface area (Å²) in [5.74, 6) is -0.373. The predicted molar refractivity (Wildman–Crippen MR) is 125 cm³/mol. The van der Waals surface area contributed by atoms with Crippen molar-refractivity contribution in [3.63, 3.8) is 0 Å². The molecule has 2 aromatic heterocycles. The SMILES string of the molecule is CC(C)(O)C1CC[C@H](Nc2ncc3nc(Nc4c(F)cccc4F)n(C4CCOCC4)c3n2)C1. The highest BCUT2D eigenvalue weighted by Crippen LogP contribution is 2.36. The molecule has 1 aliphatic heterocycles. The molecule has 1 saturated carbocycles. The maximum absolute atomic E-state index is 14.4. The van der Waals surface area contributed by atoms with Crippen molar-refractivity contribution in [2.45, 2.75) is 63.6 Å². The lowest BCUT2D eigenvalue weighted by Crippen LogP contribution is -2.30. The number of halogens is 2. The van der Waals surface area contributed by atoms with E-state index in [0.29, 0.717) is 36.3 Å². The molecule has 3 aromatic rings. The smallest absolute Gasteiger partial charge is 0.224 e. The van der Waals surface area contributed by atoms with E-state index in [9.17, 15) is 13.9 Å². The first-order chi connectivity index (χ1) is 16.3. The number of rotatable bonds is 6. The molecule has 1 unspecified atom stereocenters. The van der Waals surface area contributed by atoms with Crippen molar-refractivity contribution in [2.24, 2.45) is 5.92 Å². The van der Waals surface area contributed by atoms with E-state index in [1.54, 1.807) is 6.20 Å². The molecule has 3 N–H and O–H groups in total. The summed E-state index contributed by atoms with van der Waals surface area (Å²) in [7, 11) is 0. The monoisotopic (exact) mass is 472 g/mol. The number of aliphatic hydroxyl groups is 1. The van der Waals surface area contributed by atoms with Crippen LogP contribution >= 0.6 is 0 Å². The Hall–Kier alpha value is -2.85. The van der Waals surface area contributed by atoms with Gasteiger partial charge in [0.15, 0.2) is 5.65 Å². The molecule has 0 spiro atoms. The molecule has 10 heteroatoms. The van der Waals surface area contributed by atoms with Gasteiger partial charge in [0.1, 0.15) is 22.8 Å². The molecule has 0 amide bonds. The highest BCUT2D eigenvalue weighted by atomic mass is 19.1. The molecular weight excluding hydrogens is 442 g/mol. The molecule has 2 atom stereocenters. The number of nitrogens with one attached hydrogen (secondary N) is 2. The maximum Gasteiger partial charge on any atom is 0.224 e. The van der Waals surface area contributed by atoms with Gasteiger partial charge in [-0.1, -0.05) is 6.07 Å². The summed E-state index contributed by atoms with van der Waals surface area (Å²) in [6.07, 6.45) is 5.81. The van der Waals surface area contributed by atoms with E-state index in [4.69, 9.17) is 9.72 Å². The molecule has 1 aliphatic carbocycles. The third-order valence-electron chi connectivity index (χ3n) is 6.95. The Morgan fingerprint density at radius 1 is 1.09 bits per heavy atom. The van der Waals surface area contributed by atoms with Crippen LogP contribution in [-0.2, 0) is 4.74 Å². The standard InChI is InChI=1S/C24H30F2N6O2/c1-24(2,33)14-6-7-15(12-14)28-22-27-13-19-21(31-22)32(16-8-10-34-11-9-16)23(29-19)30-20-17(25)4-3-5-18(20)26/h3-5,13-16,33H,6-12H2,1-2H3,(H,29,30)(H,27,28,31)/t14?,15-/m0/s1. The molecule has 1 saturated heterocycles. The first-order valence-corrected chi connectivity index (χ1v) is 11.8. The van der Waals surface area contributed by atoms with Crippen LogP contribution in [0.1, 0.15) is 52.0 Å². The van der Waals surface area contributed by atoms with E-state index in [2.05, 4.69) is 20.6 Å². The predicted octanol–water partition coefficient (Wildman–Crippen LogP) is 4.55. The number of aromatic nitrogens is 4. The zero-order valence-electron chi connectivity index (χ0n) is 19.4. The average Bonchev–Trinajstić information content (AvgIpc) is 3.41. The molecule has 2 fully saturated rings. The fourth-order valence-corrected chi connectivity index (χ4v) is 5.00. The molecule has 8 nitrogen and oxygen atoms in total. The minimum Gasteiger partial charge on any atom is -0.390 e. The van der Waals surface area contributed by atoms with Gasteiger partial charge in [-0.15, -0.1) is 0 Å². The highest BCUT2D eigenvalue weighted by Gasteiger charge is 2.35. The van der Waals surface area contributed by atoms with E-state index in [0.717, 1.165) is 32.1 Å². The Morgan fingerprint density at radius 3 is 2.50 bits per heavy atom. The second kappa shape index (κ2) is 9.07. The summed E-state index contributed by atoms with van der Waals surface area (Å²) in [5.41, 5.74) is 0.171. The number of imidazole rings is 1. The Kier molecular flexibility index (Phi) is 6.11. The molecule has 34 heavy (non-hydrogen) atoms. The van der Waals surface area contributed by atoms with Crippen LogP contribution in [0.25, 0.3) is 11.2 Å². The van der Waals surface area contributed by atoms with Crippen molar-refractivity contribution in [1.29, 1.82) is 0 Å². The lowest BCUT2D eigenvalue weighted by molar-refractivity contribution is 0.0197. The molecule has 2 aliphatic rings. The minimum absolute atomic E-state index is 0.0184. The summed E-state index contributed by atoms with van der Waals surface area (Å²) in [6, 6.07) is 3.92. The van der Waals surface area contributed by atoms with Crippen molar-refractivity contribution in [2.75, 3.05) is 23.8 Å². The van der Waals surface area contributed by atoms with Gasteiger partial charge < -0.3 is 20.5 Å². The van der Waals surface area contributed by atoms with Gasteiger partial charge in [0.2, 0.25) is 11.9 Å². The van der Waals surface area contributed by atoms with E-state index in [1.165, 1.54) is 18.2 Å². The zero-order chi connectivity index (χ0) is 23.9. The first kappa shape index (κ1) is 22.9. The third-order valence-corrected chi connectivity index (χ3v) is 6.95. The molecular formula is C24H30F2N6O2. The Labute approximate surface area is 196 Å². The fourth-order valence-electron chi connectivity index (χ4n) is 5.00. The molecule has 0 bridgehead atoms. The maximum atomic E-state index is 14.4. The van der Waals surface area contributed by atoms with Crippen LogP contribution in [0.2, 0.25) is 0 Å². The van der Waals surface area contributed by atoms with Gasteiger partial charge >= 0.3 is 0 Å². The molecule has 182 valence electrons. The van der Waals surface area contributed by atoms with Gasteiger partial charge in [-0.2, -0.15) is 4.98 Å². The molecule has 5 rings (SSSR count). The normalized spacial score (nSPS) is 21.8. The lowest BCUT2D eigenvalue weighted by atomic mass is 9.90. The zero-order valence-corrected chi connectivity index (χ0v) is 19.4. The van der Waals surface area contributed by atoms with Crippen LogP contribution in [-0.4, -0.2) is 49.5 Å². The summed E-state index contributed by atoms with van der Waals surface area (Å²) < 4.78 is 36.1. The first-order valence-electron chi connectivity index (χ1n) is 11.8. The van der Waals surface area contributed by atoms with Crippen LogP contribution in [0.15, 0.2) is 24.4 Å². The lowest BCUT2D eigenvalue weighted by Gasteiger charge is -2.26. The summed E-state index contributed by atoms with van der Waals surface area (Å²) in [6.45, 7) is 4.88. The Morgan fingerprint density at radius 2 is 1.82 bits per heavy atom. The van der Waals surface area contributed by atoms with E-state index < -0.39 is 17.2 Å². The number of hydrogen-bond acceptors (Lipinski definition) is 7. The van der Waals surface area contributed by atoms with Crippen molar-refractivity contribution in [3.8, 4) is 0 Å². The third kappa shape index (κ3) is 4.56. The summed E-state index contributed by atoms with van der Waals surface area (Å²) in [5, 5.41) is 16.6. The average molecular weight is 473 g/mol. The number of benzene rings is 1. The second-order valence-corrected chi connectivity index (χ2v) is 9.78. The van der Waals surface area contributed by atoms with Crippen LogP contribution < -0.4 is 10.6 Å². The van der Waals surface area contributed by atoms with E-state index in [1.807, 2.05) is 18.4 Å². The highest BCUT2D eigenvalue weighted by molar-refractivity contribution is 5.76. The van der Waals surface area contributed by atoms with Crippen molar-refractivity contribution in [3.05, 3.63) is 36.0 Å². The van der Waals surface area contributed by atoms with Gasteiger partial charge in [0, 0.05) is 25.3 Å². The van der Waals surface area contributed by atoms with Gasteiger partial charge in [-0.05, 0) is 64.0 Å². The van der Waals surface area contributed by atoms with Crippen LogP contribution in [0.3, 0.4) is 0 Å². The summed E-state index contributed by atoms with van der Waals surface area (Å²) >= 11 is 0. The van der Waals surface area contributed by atoms with Gasteiger partial charge in [0.05, 0.1) is 11.8 Å². The second-order valence-electron chi connectivity index (χ2n) is 9.78. The van der Waals surface area contributed by atoms with Crippen LogP contribution in [0.4, 0.5) is 26.4 Å². The number of hydrogen-bond donors (Lipinski definition) is 3. The minimum atomic E-state index is -0.717. The quantitative estimate of drug-likeness (QED) is 0.484. The van der Waals surface area contributed by atoms with Crippen molar-refractivity contribution < 1.29 is 18.6 Å². The summed E-state index contributed by atoms with van der Waals surface area (Å²) in [4.78, 5) is 13.8. The number of nitrogens with zero attached hydrogens (tertiary/aromatic N) is 4. The molecule has 0 radical (unpaired) electrons. The number of ether oxygens (including phenoxy) is 1. The van der Waals surface area contributed by atoms with Crippen LogP contribution in [0, 0.1) is 17.6 Å². The van der Waals surface area contributed by atoms with Crippen molar-refractivity contribution >= 4 is 28.7 Å². The van der Waals surface area contributed by atoms with Gasteiger partial charge in [-0.3, -0.25) is 4.57 Å². The van der Waals surface area contributed by atoms with Gasteiger partial charge in [0.25, 0.3) is 0 Å². The van der Waals surface area contributed by atoms with Crippen molar-refractivity contribution in [1.82, 2.24) is 19.5 Å². The van der Waals surface area contributed by atoms with E-state index in [-0.39, 0.29) is 23.7 Å². The van der Waals surface area contributed by atoms with Gasteiger partial charge in [-0.25, -0.2) is 18.7 Å². The molecule has 3 heterocycles. The number of para-hydroxylation sites is 1. The largest absolute Gasteiger partial charge is 0.390 e. The van der Waals surface area contributed by atoms with Crippen LogP contribution in [0.5, 0.6) is 0 Å². The Bertz CT molecular complexity index is 1150.